The Kier molecular flexibility index (Phi) is 7.89. The molecule has 0 spiro atoms. The molecule has 1 aromatic rings. The highest BCUT2D eigenvalue weighted by molar-refractivity contribution is 7.09. The minimum atomic E-state index is 0.287. The number of piperidine rings is 1. The average Bonchev–Trinajstić information content (AvgIpc) is 3.17. The molecule has 3 heterocycles. The maximum atomic E-state index is 12.7. The van der Waals surface area contributed by atoms with E-state index in [1.165, 1.54) is 11.4 Å². The number of carbonyl (C=O) groups is 1. The van der Waals surface area contributed by atoms with Crippen molar-refractivity contribution in [3.63, 3.8) is 0 Å². The normalized spacial score (nSPS) is 24.1. The van der Waals surface area contributed by atoms with E-state index in [0.29, 0.717) is 24.9 Å². The van der Waals surface area contributed by atoms with Gasteiger partial charge in [0.2, 0.25) is 5.91 Å². The van der Waals surface area contributed by atoms with Crippen molar-refractivity contribution in [2.75, 3.05) is 52.9 Å². The smallest absolute Gasteiger partial charge is 0.236 e. The number of piperazine rings is 1. The third-order valence-electron chi connectivity index (χ3n) is 5.79. The summed E-state index contributed by atoms with van der Waals surface area (Å²) in [5.74, 6) is 2.43. The van der Waals surface area contributed by atoms with Crippen LogP contribution in [0.25, 0.3) is 0 Å². The van der Waals surface area contributed by atoms with Crippen LogP contribution in [0.1, 0.15) is 37.9 Å². The maximum Gasteiger partial charge on any atom is 0.236 e. The van der Waals surface area contributed by atoms with E-state index in [9.17, 15) is 4.79 Å². The van der Waals surface area contributed by atoms with Crippen molar-refractivity contribution in [3.8, 4) is 0 Å². The average molecular weight is 421 g/mol. The number of rotatable bonds is 5. The molecule has 2 aliphatic rings. The van der Waals surface area contributed by atoms with Gasteiger partial charge in [0.1, 0.15) is 0 Å². The number of aryl methyl sites for hydroxylation is 1. The monoisotopic (exact) mass is 420 g/mol. The second-order valence-corrected chi connectivity index (χ2v) is 9.44. The van der Waals surface area contributed by atoms with Crippen molar-refractivity contribution in [2.24, 2.45) is 16.8 Å². The lowest BCUT2D eigenvalue weighted by molar-refractivity contribution is -0.135. The van der Waals surface area contributed by atoms with Gasteiger partial charge >= 0.3 is 0 Å². The summed E-state index contributed by atoms with van der Waals surface area (Å²) < 4.78 is 0. The molecule has 1 aromatic heterocycles. The summed E-state index contributed by atoms with van der Waals surface area (Å²) in [4.78, 5) is 28.4. The molecule has 162 valence electrons. The van der Waals surface area contributed by atoms with E-state index >= 15 is 0 Å². The third kappa shape index (κ3) is 6.15. The zero-order chi connectivity index (χ0) is 20.8. The van der Waals surface area contributed by atoms with E-state index in [0.717, 1.165) is 57.3 Å². The molecule has 2 saturated heterocycles. The quantitative estimate of drug-likeness (QED) is 0.582. The van der Waals surface area contributed by atoms with Gasteiger partial charge in [-0.25, -0.2) is 4.98 Å². The first-order valence-corrected chi connectivity index (χ1v) is 11.8. The first kappa shape index (κ1) is 22.0. The van der Waals surface area contributed by atoms with Crippen molar-refractivity contribution in [1.82, 2.24) is 25.0 Å². The molecule has 0 saturated carbocycles. The maximum absolute atomic E-state index is 12.7. The van der Waals surface area contributed by atoms with Crippen molar-refractivity contribution < 1.29 is 4.79 Å². The summed E-state index contributed by atoms with van der Waals surface area (Å²) in [6.45, 7) is 13.3. The predicted octanol–water partition coefficient (Wildman–Crippen LogP) is 1.90. The minimum Gasteiger partial charge on any atom is -0.351 e. The van der Waals surface area contributed by atoms with Crippen molar-refractivity contribution >= 4 is 23.2 Å². The van der Waals surface area contributed by atoms with Gasteiger partial charge in [0.05, 0.1) is 23.8 Å². The largest absolute Gasteiger partial charge is 0.351 e. The Balaban J connectivity index is 1.43. The number of nitrogens with one attached hydrogen (secondary N) is 1. The molecule has 7 nitrogen and oxygen atoms in total. The summed E-state index contributed by atoms with van der Waals surface area (Å²) in [7, 11) is 1.83. The number of aliphatic imine (C=N–C) groups is 1. The summed E-state index contributed by atoms with van der Waals surface area (Å²) >= 11 is 1.72. The van der Waals surface area contributed by atoms with Gasteiger partial charge in [-0.15, -0.1) is 11.3 Å². The fraction of sp³-hybridized carbons (Fsp3) is 0.762. The Morgan fingerprint density at radius 3 is 2.48 bits per heavy atom. The highest BCUT2D eigenvalue weighted by atomic mass is 32.1. The lowest BCUT2D eigenvalue weighted by atomic mass is 9.92. The number of nitrogens with zero attached hydrogens (tertiary/aromatic N) is 5. The zero-order valence-electron chi connectivity index (χ0n) is 18.4. The van der Waals surface area contributed by atoms with Crippen LogP contribution in [0.4, 0.5) is 0 Å². The predicted molar refractivity (Wildman–Crippen MR) is 119 cm³/mol. The fourth-order valence-corrected chi connectivity index (χ4v) is 5.11. The van der Waals surface area contributed by atoms with Crippen LogP contribution in [0.3, 0.4) is 0 Å². The molecule has 2 fully saturated rings. The van der Waals surface area contributed by atoms with E-state index in [-0.39, 0.29) is 5.91 Å². The summed E-state index contributed by atoms with van der Waals surface area (Å²) in [6.07, 6.45) is 2.21. The fourth-order valence-electron chi connectivity index (χ4n) is 4.37. The standard InChI is InChI=1S/C21H36N6OS/c1-5-19-24-18(15-29-19)11-23-21(22-4)26-8-6-25(7-9-26)14-20(28)27-12-16(2)10-17(3)13-27/h15-17H,5-14H2,1-4H3,(H,22,23). The van der Waals surface area contributed by atoms with Gasteiger partial charge in [-0.2, -0.15) is 0 Å². The van der Waals surface area contributed by atoms with Crippen molar-refractivity contribution in [3.05, 3.63) is 16.1 Å². The number of likely N-dealkylation sites (tertiary alicyclic amines) is 1. The van der Waals surface area contributed by atoms with Crippen LogP contribution in [-0.4, -0.2) is 84.4 Å². The van der Waals surface area contributed by atoms with E-state index in [2.05, 4.69) is 56.1 Å². The van der Waals surface area contributed by atoms with Crippen molar-refractivity contribution in [2.45, 2.75) is 40.2 Å². The van der Waals surface area contributed by atoms with Crippen LogP contribution in [0.15, 0.2) is 10.4 Å². The second kappa shape index (κ2) is 10.4. The zero-order valence-corrected chi connectivity index (χ0v) is 19.2. The van der Waals surface area contributed by atoms with Crippen LogP contribution in [0.5, 0.6) is 0 Å². The van der Waals surface area contributed by atoms with E-state index in [1.54, 1.807) is 11.3 Å². The SMILES string of the molecule is CCc1nc(CNC(=NC)N2CCN(CC(=O)N3CC(C)CC(C)C3)CC2)cs1. The molecule has 2 aliphatic heterocycles. The molecular formula is C21H36N6OS. The molecule has 2 unspecified atom stereocenters. The van der Waals surface area contributed by atoms with Gasteiger partial charge in [-0.3, -0.25) is 14.7 Å². The summed E-state index contributed by atoms with van der Waals surface area (Å²) in [5, 5.41) is 6.73. The molecule has 29 heavy (non-hydrogen) atoms. The van der Waals surface area contributed by atoms with Crippen LogP contribution in [0.2, 0.25) is 0 Å². The first-order valence-electron chi connectivity index (χ1n) is 10.9. The van der Waals surface area contributed by atoms with Gasteiger partial charge in [0.25, 0.3) is 0 Å². The molecule has 0 bridgehead atoms. The van der Waals surface area contributed by atoms with Gasteiger partial charge in [-0.05, 0) is 24.7 Å². The second-order valence-electron chi connectivity index (χ2n) is 8.49. The van der Waals surface area contributed by atoms with E-state index < -0.39 is 0 Å². The number of thiazole rings is 1. The lowest BCUT2D eigenvalue weighted by Gasteiger charge is -2.39. The molecule has 0 aliphatic carbocycles. The van der Waals surface area contributed by atoms with Gasteiger partial charge < -0.3 is 15.1 Å². The van der Waals surface area contributed by atoms with Crippen molar-refractivity contribution in [1.29, 1.82) is 0 Å². The Morgan fingerprint density at radius 2 is 1.90 bits per heavy atom. The first-order chi connectivity index (χ1) is 14.0. The van der Waals surface area contributed by atoms with Crippen LogP contribution in [0, 0.1) is 11.8 Å². The van der Waals surface area contributed by atoms with Gasteiger partial charge in [0, 0.05) is 51.7 Å². The molecule has 1 amide bonds. The lowest BCUT2D eigenvalue weighted by Crippen LogP contribution is -2.55. The third-order valence-corrected chi connectivity index (χ3v) is 6.84. The van der Waals surface area contributed by atoms with E-state index in [1.807, 2.05) is 7.05 Å². The Labute approximate surface area is 179 Å². The Morgan fingerprint density at radius 1 is 1.21 bits per heavy atom. The van der Waals surface area contributed by atoms with Gasteiger partial charge in [0.15, 0.2) is 5.96 Å². The van der Waals surface area contributed by atoms with Crippen LogP contribution in [-0.2, 0) is 17.8 Å². The summed E-state index contributed by atoms with van der Waals surface area (Å²) in [5.41, 5.74) is 1.07. The number of aromatic nitrogens is 1. The number of hydrogen-bond acceptors (Lipinski definition) is 5. The minimum absolute atomic E-state index is 0.287. The molecule has 1 N–H and O–H groups in total. The number of carbonyl (C=O) groups excluding carboxylic acids is 1. The highest BCUT2D eigenvalue weighted by Gasteiger charge is 2.28. The molecule has 0 radical (unpaired) electrons. The van der Waals surface area contributed by atoms with Crippen LogP contribution < -0.4 is 5.32 Å². The Hall–Kier alpha value is -1.67. The molecule has 0 aromatic carbocycles. The van der Waals surface area contributed by atoms with Crippen LogP contribution >= 0.6 is 11.3 Å². The Bertz CT molecular complexity index is 687. The van der Waals surface area contributed by atoms with Gasteiger partial charge in [-0.1, -0.05) is 20.8 Å². The number of amides is 1. The number of guanidine groups is 1. The van der Waals surface area contributed by atoms with E-state index in [4.69, 9.17) is 0 Å². The molecule has 2 atom stereocenters. The topological polar surface area (TPSA) is 64.1 Å². The number of hydrogen-bond donors (Lipinski definition) is 1. The molecule has 3 rings (SSSR count). The molecule has 8 heteroatoms. The summed E-state index contributed by atoms with van der Waals surface area (Å²) in [6, 6.07) is 0. The highest BCUT2D eigenvalue weighted by Crippen LogP contribution is 2.21. The molecular weight excluding hydrogens is 384 g/mol.